The van der Waals surface area contributed by atoms with E-state index in [0.29, 0.717) is 12.3 Å². The van der Waals surface area contributed by atoms with Crippen LogP contribution in [-0.4, -0.2) is 67.7 Å². The van der Waals surface area contributed by atoms with Crippen LogP contribution in [0, 0.1) is 6.92 Å². The zero-order valence-corrected chi connectivity index (χ0v) is 18.1. The molecule has 2 fully saturated rings. The number of carboxylic acids is 1. The Morgan fingerprint density at radius 1 is 1.35 bits per heavy atom. The average Bonchev–Trinajstić information content (AvgIpc) is 3.32. The molecule has 0 aromatic carbocycles. The SMILES string of the molecule is Cc1nc(C(=O)N2CC3(CC(OCc4ccccn4)CS3)C2)cs1.O=C(O)C(F)(F)F. The molecule has 1 unspecified atom stereocenters. The topological polar surface area (TPSA) is 92.6 Å². The molecule has 4 heterocycles. The van der Waals surface area contributed by atoms with Crippen molar-refractivity contribution in [3.63, 3.8) is 0 Å². The number of aryl methyl sites for hydroxylation is 1. The Hall–Kier alpha value is -2.18. The van der Waals surface area contributed by atoms with Crippen molar-refractivity contribution in [2.45, 2.75) is 37.0 Å². The summed E-state index contributed by atoms with van der Waals surface area (Å²) in [6.07, 6.45) is -2.04. The van der Waals surface area contributed by atoms with Crippen molar-refractivity contribution < 1.29 is 32.6 Å². The maximum absolute atomic E-state index is 12.4. The normalized spacial score (nSPS) is 19.5. The highest BCUT2D eigenvalue weighted by Crippen LogP contribution is 2.46. The fourth-order valence-corrected chi connectivity index (χ4v) is 5.37. The summed E-state index contributed by atoms with van der Waals surface area (Å²) in [6, 6.07) is 5.87. The molecular weight excluding hydrogens is 455 g/mol. The van der Waals surface area contributed by atoms with Crippen LogP contribution in [0.1, 0.15) is 27.6 Å². The molecule has 2 aliphatic heterocycles. The summed E-state index contributed by atoms with van der Waals surface area (Å²) in [6.45, 7) is 4.09. The molecule has 0 radical (unpaired) electrons. The van der Waals surface area contributed by atoms with Crippen LogP contribution in [0.5, 0.6) is 0 Å². The number of thioether (sulfide) groups is 1. The first-order chi connectivity index (χ1) is 14.6. The summed E-state index contributed by atoms with van der Waals surface area (Å²) >= 11 is 3.46. The van der Waals surface area contributed by atoms with Gasteiger partial charge in [-0.2, -0.15) is 13.2 Å². The molecule has 2 saturated heterocycles. The molecule has 12 heteroatoms. The number of carbonyl (C=O) groups is 2. The molecular formula is C19H20F3N3O4S2. The van der Waals surface area contributed by atoms with E-state index in [1.54, 1.807) is 6.20 Å². The van der Waals surface area contributed by atoms with Gasteiger partial charge in [0.2, 0.25) is 0 Å². The van der Waals surface area contributed by atoms with Gasteiger partial charge in [-0.25, -0.2) is 9.78 Å². The molecule has 1 amide bonds. The van der Waals surface area contributed by atoms with Gasteiger partial charge in [-0.15, -0.1) is 23.1 Å². The van der Waals surface area contributed by atoms with E-state index < -0.39 is 12.1 Å². The Bertz CT molecular complexity index is 918. The molecule has 4 rings (SSSR count). The minimum Gasteiger partial charge on any atom is -0.475 e. The van der Waals surface area contributed by atoms with Crippen molar-refractivity contribution in [2.75, 3.05) is 18.8 Å². The molecule has 2 aromatic rings. The number of hydrogen-bond donors (Lipinski definition) is 1. The number of aromatic nitrogens is 2. The molecule has 1 spiro atoms. The number of carboxylic acid groups (broad SMARTS) is 1. The first-order valence-corrected chi connectivity index (χ1v) is 11.1. The number of rotatable bonds is 4. The molecule has 2 aliphatic rings. The fourth-order valence-electron chi connectivity index (χ4n) is 3.23. The summed E-state index contributed by atoms with van der Waals surface area (Å²) in [5.74, 6) is -1.71. The Kier molecular flexibility index (Phi) is 7.22. The number of amides is 1. The van der Waals surface area contributed by atoms with Gasteiger partial charge in [0.1, 0.15) is 5.69 Å². The minimum absolute atomic E-state index is 0.0587. The number of nitrogens with zero attached hydrogens (tertiary/aromatic N) is 3. The van der Waals surface area contributed by atoms with Crippen molar-refractivity contribution in [3.8, 4) is 0 Å². The maximum atomic E-state index is 12.4. The van der Waals surface area contributed by atoms with Crippen molar-refractivity contribution >= 4 is 35.0 Å². The largest absolute Gasteiger partial charge is 0.490 e. The van der Waals surface area contributed by atoms with E-state index in [2.05, 4.69) is 9.97 Å². The summed E-state index contributed by atoms with van der Waals surface area (Å²) in [7, 11) is 0. The van der Waals surface area contributed by atoms with Crippen LogP contribution in [0.4, 0.5) is 13.2 Å². The highest BCUT2D eigenvalue weighted by molar-refractivity contribution is 8.01. The highest BCUT2D eigenvalue weighted by Gasteiger charge is 2.51. The van der Waals surface area contributed by atoms with Crippen LogP contribution in [0.2, 0.25) is 0 Å². The highest BCUT2D eigenvalue weighted by atomic mass is 32.2. The van der Waals surface area contributed by atoms with Gasteiger partial charge >= 0.3 is 12.1 Å². The first kappa shape index (κ1) is 23.5. The zero-order valence-electron chi connectivity index (χ0n) is 16.5. The second-order valence-corrected chi connectivity index (χ2v) is 9.72. The second-order valence-electron chi connectivity index (χ2n) is 7.17. The van der Waals surface area contributed by atoms with Gasteiger partial charge in [0, 0.05) is 30.4 Å². The van der Waals surface area contributed by atoms with Crippen molar-refractivity contribution in [3.05, 3.63) is 46.2 Å². The van der Waals surface area contributed by atoms with E-state index in [0.717, 1.165) is 36.0 Å². The summed E-state index contributed by atoms with van der Waals surface area (Å²) < 4.78 is 37.9. The number of ether oxygens (including phenoxy) is 1. The quantitative estimate of drug-likeness (QED) is 0.725. The lowest BCUT2D eigenvalue weighted by molar-refractivity contribution is -0.192. The predicted octanol–water partition coefficient (Wildman–Crippen LogP) is 3.40. The van der Waals surface area contributed by atoms with Crippen molar-refractivity contribution in [1.82, 2.24) is 14.9 Å². The maximum Gasteiger partial charge on any atom is 0.490 e. The van der Waals surface area contributed by atoms with Crippen LogP contribution in [-0.2, 0) is 16.1 Å². The lowest BCUT2D eigenvalue weighted by Crippen LogP contribution is -2.60. The molecule has 0 aliphatic carbocycles. The van der Waals surface area contributed by atoms with E-state index in [4.69, 9.17) is 14.6 Å². The first-order valence-electron chi connectivity index (χ1n) is 9.25. The second kappa shape index (κ2) is 9.53. The average molecular weight is 476 g/mol. The summed E-state index contributed by atoms with van der Waals surface area (Å²) in [4.78, 5) is 31.8. The van der Waals surface area contributed by atoms with Crippen LogP contribution < -0.4 is 0 Å². The van der Waals surface area contributed by atoms with Gasteiger partial charge in [0.05, 0.1) is 28.2 Å². The van der Waals surface area contributed by atoms with Crippen LogP contribution in [0.3, 0.4) is 0 Å². The smallest absolute Gasteiger partial charge is 0.475 e. The predicted molar refractivity (Wildman–Crippen MR) is 109 cm³/mol. The van der Waals surface area contributed by atoms with Gasteiger partial charge in [0.25, 0.3) is 5.91 Å². The Balaban J connectivity index is 0.000000339. The van der Waals surface area contributed by atoms with E-state index in [1.807, 2.05) is 47.2 Å². The Labute approximate surface area is 184 Å². The molecule has 168 valence electrons. The third-order valence-electron chi connectivity index (χ3n) is 4.69. The summed E-state index contributed by atoms with van der Waals surface area (Å²) in [5, 5.41) is 9.91. The molecule has 7 nitrogen and oxygen atoms in total. The number of thiazole rings is 1. The third kappa shape index (κ3) is 6.17. The van der Waals surface area contributed by atoms with Crippen LogP contribution in [0.15, 0.2) is 29.8 Å². The van der Waals surface area contributed by atoms with Gasteiger partial charge in [0.15, 0.2) is 0 Å². The van der Waals surface area contributed by atoms with E-state index in [-0.39, 0.29) is 16.8 Å². The molecule has 0 saturated carbocycles. The molecule has 1 N–H and O–H groups in total. The number of likely N-dealkylation sites (tertiary alicyclic amines) is 1. The third-order valence-corrected chi connectivity index (χ3v) is 7.04. The lowest BCUT2D eigenvalue weighted by Gasteiger charge is -2.47. The van der Waals surface area contributed by atoms with Gasteiger partial charge in [-0.3, -0.25) is 9.78 Å². The lowest BCUT2D eigenvalue weighted by atomic mass is 9.92. The van der Waals surface area contributed by atoms with Gasteiger partial charge in [-0.1, -0.05) is 6.07 Å². The zero-order chi connectivity index (χ0) is 22.6. The van der Waals surface area contributed by atoms with Crippen LogP contribution in [0.25, 0.3) is 0 Å². The molecule has 31 heavy (non-hydrogen) atoms. The minimum atomic E-state index is -5.08. The number of halogens is 3. The number of alkyl halides is 3. The van der Waals surface area contributed by atoms with E-state index in [1.165, 1.54) is 11.3 Å². The summed E-state index contributed by atoms with van der Waals surface area (Å²) in [5.41, 5.74) is 1.55. The van der Waals surface area contributed by atoms with Crippen LogP contribution >= 0.6 is 23.1 Å². The standard InChI is InChI=1S/C17H19N3O2S2.C2HF3O2/c1-12-19-15(9-23-12)16(21)20-10-17(11-20)6-14(8-24-17)22-7-13-4-2-3-5-18-13;3-2(4,5)1(6)7/h2-5,9,14H,6-8,10-11H2,1H3;(H,6,7). The van der Waals surface area contributed by atoms with E-state index in [9.17, 15) is 18.0 Å². The Morgan fingerprint density at radius 2 is 2.06 bits per heavy atom. The number of pyridine rings is 1. The fraction of sp³-hybridized carbons (Fsp3) is 0.474. The van der Waals surface area contributed by atoms with E-state index >= 15 is 0 Å². The van der Waals surface area contributed by atoms with Crippen molar-refractivity contribution in [2.24, 2.45) is 0 Å². The molecule has 1 atom stereocenters. The number of aliphatic carboxylic acids is 1. The number of hydrogen-bond acceptors (Lipinski definition) is 7. The molecule has 0 bridgehead atoms. The van der Waals surface area contributed by atoms with Gasteiger partial charge < -0.3 is 14.7 Å². The van der Waals surface area contributed by atoms with Gasteiger partial charge in [-0.05, 0) is 25.5 Å². The number of carbonyl (C=O) groups excluding carboxylic acids is 1. The monoisotopic (exact) mass is 475 g/mol. The van der Waals surface area contributed by atoms with Crippen molar-refractivity contribution in [1.29, 1.82) is 0 Å². The molecule has 2 aromatic heterocycles. The Morgan fingerprint density at radius 3 is 2.61 bits per heavy atom.